The van der Waals surface area contributed by atoms with E-state index in [-0.39, 0.29) is 5.41 Å². The third-order valence-corrected chi connectivity index (χ3v) is 4.68. The number of nitrogens with zero attached hydrogens (tertiary/aromatic N) is 3. The predicted molar refractivity (Wildman–Crippen MR) is 91.8 cm³/mol. The highest BCUT2D eigenvalue weighted by atomic mass is 15.1. The second-order valence-corrected chi connectivity index (χ2v) is 6.71. The van der Waals surface area contributed by atoms with Gasteiger partial charge in [0.05, 0.1) is 24.0 Å². The first-order chi connectivity index (χ1) is 10.5. The van der Waals surface area contributed by atoms with Crippen molar-refractivity contribution in [2.75, 3.05) is 18.5 Å². The Hall–Kier alpha value is -2.60. The van der Waals surface area contributed by atoms with Gasteiger partial charge in [-0.3, -0.25) is 4.98 Å². The second-order valence-electron chi connectivity index (χ2n) is 6.71. The highest BCUT2D eigenvalue weighted by molar-refractivity contribution is 6.13. The number of rotatable bonds is 0. The van der Waals surface area contributed by atoms with Gasteiger partial charge in [-0.15, -0.1) is 0 Å². The lowest BCUT2D eigenvalue weighted by Gasteiger charge is -2.20. The fourth-order valence-corrected chi connectivity index (χ4v) is 3.85. The van der Waals surface area contributed by atoms with Crippen molar-refractivity contribution in [1.82, 2.24) is 4.98 Å². The van der Waals surface area contributed by atoms with Crippen molar-refractivity contribution in [3.05, 3.63) is 53.5 Å². The molecule has 0 radical (unpaired) electrons. The minimum Gasteiger partial charge on any atom is -0.372 e. The Kier molecular flexibility index (Phi) is 2.50. The molecule has 0 N–H and O–H groups in total. The molecule has 1 aromatic heterocycles. The van der Waals surface area contributed by atoms with Crippen LogP contribution in [0.25, 0.3) is 26.5 Å². The van der Waals surface area contributed by atoms with Crippen LogP contribution >= 0.6 is 0 Å². The predicted octanol–water partition coefficient (Wildman–Crippen LogP) is 4.67. The molecule has 2 aromatic carbocycles. The molecule has 0 unspecified atom stereocenters. The van der Waals surface area contributed by atoms with Gasteiger partial charge in [0.2, 0.25) is 0 Å². The molecule has 0 amide bonds. The molecule has 0 fully saturated rings. The van der Waals surface area contributed by atoms with Gasteiger partial charge >= 0.3 is 0 Å². The number of pyridine rings is 1. The van der Waals surface area contributed by atoms with Gasteiger partial charge in [-0.05, 0) is 27.8 Å². The number of anilines is 1. The van der Waals surface area contributed by atoms with Gasteiger partial charge in [-0.25, -0.2) is 4.85 Å². The molecule has 0 saturated carbocycles. The molecular formula is C19H17N3. The largest absolute Gasteiger partial charge is 0.372 e. The van der Waals surface area contributed by atoms with Crippen molar-refractivity contribution in [2.24, 2.45) is 0 Å². The van der Waals surface area contributed by atoms with E-state index in [4.69, 9.17) is 11.6 Å². The fraction of sp³-hybridized carbons (Fsp3) is 0.263. The zero-order valence-corrected chi connectivity index (χ0v) is 13.0. The summed E-state index contributed by atoms with van der Waals surface area (Å²) in [6.07, 6.45) is 1.98. The second kappa shape index (κ2) is 4.20. The normalized spacial score (nSPS) is 16.0. The van der Waals surface area contributed by atoms with Crippen molar-refractivity contribution >= 4 is 33.1 Å². The molecular weight excluding hydrogens is 270 g/mol. The third-order valence-electron chi connectivity index (χ3n) is 4.68. The van der Waals surface area contributed by atoms with Crippen LogP contribution in [0.1, 0.15) is 19.4 Å². The first kappa shape index (κ1) is 13.1. The summed E-state index contributed by atoms with van der Waals surface area (Å²) in [5, 5.41) is 3.18. The maximum absolute atomic E-state index is 7.53. The van der Waals surface area contributed by atoms with Crippen LogP contribution in [0.3, 0.4) is 0 Å². The van der Waals surface area contributed by atoms with Crippen LogP contribution < -0.4 is 4.90 Å². The highest BCUT2D eigenvalue weighted by Crippen LogP contribution is 2.45. The average Bonchev–Trinajstić information content (AvgIpc) is 2.75. The maximum atomic E-state index is 7.53. The van der Waals surface area contributed by atoms with Crippen LogP contribution in [0.5, 0.6) is 0 Å². The molecule has 0 spiro atoms. The smallest absolute Gasteiger partial charge is 0.195 e. The van der Waals surface area contributed by atoms with Crippen LogP contribution in [0, 0.1) is 6.57 Å². The Morgan fingerprint density at radius 3 is 2.64 bits per heavy atom. The van der Waals surface area contributed by atoms with E-state index in [1.807, 2.05) is 30.5 Å². The van der Waals surface area contributed by atoms with E-state index in [0.29, 0.717) is 5.69 Å². The van der Waals surface area contributed by atoms with Gasteiger partial charge in [0.25, 0.3) is 0 Å². The van der Waals surface area contributed by atoms with E-state index < -0.39 is 0 Å². The molecule has 3 aromatic rings. The van der Waals surface area contributed by atoms with Crippen molar-refractivity contribution < 1.29 is 0 Å². The average molecular weight is 287 g/mol. The van der Waals surface area contributed by atoms with E-state index >= 15 is 0 Å². The first-order valence-electron chi connectivity index (χ1n) is 7.46. The summed E-state index contributed by atoms with van der Waals surface area (Å²) in [5.41, 5.74) is 4.28. The fourth-order valence-electron chi connectivity index (χ4n) is 3.85. The zero-order valence-electron chi connectivity index (χ0n) is 13.0. The monoisotopic (exact) mass is 287 g/mol. The standard InChI is InChI=1S/C19H17N3/c1-19(2)11-22(4)16-10-21-18-13-8-6-5-7-12(13)15(20-3)9-14(18)17(16)19/h5-10H,11H2,1-2,4H3. The number of benzene rings is 2. The van der Waals surface area contributed by atoms with Crippen LogP contribution in [0.15, 0.2) is 36.5 Å². The Bertz CT molecular complexity index is 964. The van der Waals surface area contributed by atoms with Gasteiger partial charge in [0.1, 0.15) is 0 Å². The molecule has 0 saturated heterocycles. The molecule has 3 nitrogen and oxygen atoms in total. The molecule has 4 rings (SSSR count). The summed E-state index contributed by atoms with van der Waals surface area (Å²) < 4.78 is 0. The number of hydrogen-bond donors (Lipinski definition) is 0. The van der Waals surface area contributed by atoms with E-state index in [0.717, 1.165) is 28.2 Å². The number of fused-ring (bicyclic) bond motifs is 5. The lowest BCUT2D eigenvalue weighted by atomic mass is 9.84. The van der Waals surface area contributed by atoms with E-state index in [2.05, 4.69) is 36.7 Å². The van der Waals surface area contributed by atoms with Gasteiger partial charge in [0, 0.05) is 19.0 Å². The van der Waals surface area contributed by atoms with Gasteiger partial charge in [-0.2, -0.15) is 0 Å². The number of aromatic nitrogens is 1. The Balaban J connectivity index is 2.25. The third kappa shape index (κ3) is 1.58. The SMILES string of the molecule is [C-]#[N+]c1cc2c3c(cnc2c2ccccc12)N(C)CC3(C)C. The summed E-state index contributed by atoms with van der Waals surface area (Å²) in [5.74, 6) is 0. The zero-order chi connectivity index (χ0) is 15.5. The van der Waals surface area contributed by atoms with Crippen LogP contribution in [0.4, 0.5) is 11.4 Å². The van der Waals surface area contributed by atoms with Gasteiger partial charge in [-0.1, -0.05) is 38.1 Å². The van der Waals surface area contributed by atoms with E-state index in [1.54, 1.807) is 0 Å². The highest BCUT2D eigenvalue weighted by Gasteiger charge is 2.35. The van der Waals surface area contributed by atoms with E-state index in [9.17, 15) is 0 Å². The van der Waals surface area contributed by atoms with Crippen LogP contribution in [-0.2, 0) is 5.41 Å². The Labute approximate surface area is 130 Å². The molecule has 0 aliphatic carbocycles. The first-order valence-corrected chi connectivity index (χ1v) is 7.46. The molecule has 108 valence electrons. The van der Waals surface area contributed by atoms with Crippen molar-refractivity contribution in [3.8, 4) is 0 Å². The lowest BCUT2D eigenvalue weighted by molar-refractivity contribution is 0.567. The summed E-state index contributed by atoms with van der Waals surface area (Å²) in [4.78, 5) is 10.7. The summed E-state index contributed by atoms with van der Waals surface area (Å²) in [6, 6.07) is 10.1. The minimum atomic E-state index is 0.0625. The van der Waals surface area contributed by atoms with Crippen LogP contribution in [-0.4, -0.2) is 18.6 Å². The Morgan fingerprint density at radius 2 is 1.91 bits per heavy atom. The summed E-state index contributed by atoms with van der Waals surface area (Å²) >= 11 is 0. The number of likely N-dealkylation sites (N-methyl/N-ethyl adjacent to an activating group) is 1. The minimum absolute atomic E-state index is 0.0625. The molecule has 2 heterocycles. The van der Waals surface area contributed by atoms with Gasteiger partial charge < -0.3 is 4.90 Å². The molecule has 0 atom stereocenters. The Morgan fingerprint density at radius 1 is 1.18 bits per heavy atom. The van der Waals surface area contributed by atoms with Gasteiger partial charge in [0.15, 0.2) is 5.69 Å². The summed E-state index contributed by atoms with van der Waals surface area (Å²) in [7, 11) is 2.11. The number of hydrogen-bond acceptors (Lipinski definition) is 2. The van der Waals surface area contributed by atoms with Crippen LogP contribution in [0.2, 0.25) is 0 Å². The molecule has 22 heavy (non-hydrogen) atoms. The molecule has 0 bridgehead atoms. The van der Waals surface area contributed by atoms with Crippen molar-refractivity contribution in [2.45, 2.75) is 19.3 Å². The quantitative estimate of drug-likeness (QED) is 0.442. The molecule has 1 aliphatic heterocycles. The topological polar surface area (TPSA) is 20.5 Å². The molecule has 1 aliphatic rings. The lowest BCUT2D eigenvalue weighted by Crippen LogP contribution is -2.25. The summed E-state index contributed by atoms with van der Waals surface area (Å²) in [6.45, 7) is 13.0. The van der Waals surface area contributed by atoms with Crippen molar-refractivity contribution in [3.63, 3.8) is 0 Å². The maximum Gasteiger partial charge on any atom is 0.195 e. The van der Waals surface area contributed by atoms with Crippen molar-refractivity contribution in [1.29, 1.82) is 0 Å². The van der Waals surface area contributed by atoms with E-state index in [1.165, 1.54) is 11.3 Å². The molecule has 3 heteroatoms.